The average Bonchev–Trinajstić information content (AvgIpc) is 2.99. The maximum atomic E-state index is 10.0. The Kier molecular flexibility index (Phi) is 6.10. The van der Waals surface area contributed by atoms with Crippen LogP contribution in [0.3, 0.4) is 0 Å². The molecule has 144 valence electrons. The third-order valence-corrected chi connectivity index (χ3v) is 5.47. The average molecular weight is 386 g/mol. The van der Waals surface area contributed by atoms with Crippen LogP contribution in [0.4, 0.5) is 0 Å². The second-order valence-corrected chi connectivity index (χ2v) is 7.35. The van der Waals surface area contributed by atoms with E-state index >= 15 is 0 Å². The first-order chi connectivity index (χ1) is 12.7. The zero-order valence-electron chi connectivity index (χ0n) is 15.7. The number of phenols is 1. The number of nitrogens with one attached hydrogen (secondary N) is 1. The molecule has 1 unspecified atom stereocenters. The second kappa shape index (κ2) is 8.34. The molecule has 1 aliphatic heterocycles. The van der Waals surface area contributed by atoms with Crippen molar-refractivity contribution in [2.24, 2.45) is 5.73 Å². The first kappa shape index (κ1) is 19.7. The maximum absolute atomic E-state index is 10.0. The number of hydrogen-bond donors (Lipinski definition) is 3. The van der Waals surface area contributed by atoms with E-state index in [2.05, 4.69) is 41.1 Å². The first-order valence-corrected chi connectivity index (χ1v) is 9.51. The van der Waals surface area contributed by atoms with Crippen molar-refractivity contribution < 1.29 is 5.11 Å². The summed E-state index contributed by atoms with van der Waals surface area (Å²) in [5, 5.41) is 11.4. The van der Waals surface area contributed by atoms with Crippen LogP contribution in [-0.2, 0) is 6.42 Å². The molecule has 0 bridgehead atoms. The monoisotopic (exact) mass is 385 g/mol. The molecule has 1 aliphatic rings. The van der Waals surface area contributed by atoms with Crippen molar-refractivity contribution in [2.75, 3.05) is 19.6 Å². The van der Waals surface area contributed by atoms with Crippen LogP contribution < -0.4 is 5.73 Å². The fourth-order valence-electron chi connectivity index (χ4n) is 4.22. The van der Waals surface area contributed by atoms with E-state index in [9.17, 15) is 5.11 Å². The lowest BCUT2D eigenvalue weighted by molar-refractivity contribution is 0.207. The van der Waals surface area contributed by atoms with Gasteiger partial charge in [0.25, 0.3) is 0 Å². The molecule has 2 heterocycles. The van der Waals surface area contributed by atoms with Gasteiger partial charge >= 0.3 is 0 Å². The minimum Gasteiger partial charge on any atom is -0.508 e. The van der Waals surface area contributed by atoms with Crippen LogP contribution in [0, 0.1) is 6.92 Å². The Morgan fingerprint density at radius 2 is 2.04 bits per heavy atom. The molecular weight excluding hydrogens is 358 g/mol. The smallest absolute Gasteiger partial charge is 0.115 e. The quantitative estimate of drug-likeness (QED) is 0.574. The number of unbranched alkanes of at least 4 members (excludes halogenated alkanes) is 1. The minimum atomic E-state index is 0. The molecule has 3 aromatic rings. The van der Waals surface area contributed by atoms with Gasteiger partial charge in [-0.2, -0.15) is 0 Å². The van der Waals surface area contributed by atoms with Crippen LogP contribution >= 0.6 is 12.4 Å². The number of aromatic nitrogens is 1. The van der Waals surface area contributed by atoms with Crippen LogP contribution in [0.2, 0.25) is 0 Å². The predicted molar refractivity (Wildman–Crippen MR) is 114 cm³/mol. The van der Waals surface area contributed by atoms with E-state index in [1.165, 1.54) is 27.7 Å². The Bertz CT molecular complexity index is 921. The Labute approximate surface area is 166 Å². The number of aromatic amines is 1. The lowest BCUT2D eigenvalue weighted by Gasteiger charge is -2.36. The van der Waals surface area contributed by atoms with Gasteiger partial charge in [0.15, 0.2) is 0 Å². The van der Waals surface area contributed by atoms with E-state index in [0.29, 0.717) is 5.75 Å². The number of nitrogens with two attached hydrogens (primary N) is 1. The number of phenolic OH excluding ortho intramolecular Hbond substituents is 1. The standard InChI is InChI=1S/C22H27N3O.ClH/c1-15-7-8-20-19(13-15)18-9-12-25(11-3-2-10-23)22(21(18)24-20)16-5-4-6-17(26)14-16;/h4-8,13-14,22,24,26H,2-3,9-12,23H2,1H3;1H. The highest BCUT2D eigenvalue weighted by Crippen LogP contribution is 2.39. The van der Waals surface area contributed by atoms with Gasteiger partial charge in [0, 0.05) is 23.1 Å². The van der Waals surface area contributed by atoms with Crippen LogP contribution in [0.25, 0.3) is 10.9 Å². The van der Waals surface area contributed by atoms with Gasteiger partial charge in [-0.05, 0) is 74.7 Å². The maximum Gasteiger partial charge on any atom is 0.115 e. The number of halogens is 1. The van der Waals surface area contributed by atoms with Crippen molar-refractivity contribution in [3.8, 4) is 5.75 Å². The Balaban J connectivity index is 0.00000210. The van der Waals surface area contributed by atoms with Gasteiger partial charge in [0.1, 0.15) is 5.75 Å². The number of H-pyrrole nitrogens is 1. The van der Waals surface area contributed by atoms with Gasteiger partial charge < -0.3 is 15.8 Å². The number of fused-ring (bicyclic) bond motifs is 3. The Morgan fingerprint density at radius 1 is 1.19 bits per heavy atom. The van der Waals surface area contributed by atoms with Crippen molar-refractivity contribution in [1.82, 2.24) is 9.88 Å². The van der Waals surface area contributed by atoms with E-state index in [0.717, 1.165) is 44.5 Å². The topological polar surface area (TPSA) is 65.3 Å². The number of aryl methyl sites for hydroxylation is 1. The normalized spacial score (nSPS) is 16.9. The molecule has 5 heteroatoms. The van der Waals surface area contributed by atoms with Gasteiger partial charge in [0.2, 0.25) is 0 Å². The highest BCUT2D eigenvalue weighted by molar-refractivity contribution is 5.86. The minimum absolute atomic E-state index is 0. The summed E-state index contributed by atoms with van der Waals surface area (Å²) in [5.41, 5.74) is 12.0. The van der Waals surface area contributed by atoms with Gasteiger partial charge in [-0.1, -0.05) is 23.8 Å². The molecule has 1 aromatic heterocycles. The van der Waals surface area contributed by atoms with Crippen molar-refractivity contribution in [3.05, 3.63) is 64.8 Å². The van der Waals surface area contributed by atoms with Gasteiger partial charge in [-0.3, -0.25) is 4.90 Å². The van der Waals surface area contributed by atoms with Crippen molar-refractivity contribution in [2.45, 2.75) is 32.2 Å². The zero-order valence-corrected chi connectivity index (χ0v) is 16.6. The SMILES string of the molecule is Cc1ccc2[nH]c3c(c2c1)CCN(CCCCN)C3c1cccc(O)c1.Cl. The number of nitrogens with zero attached hydrogens (tertiary/aromatic N) is 1. The molecule has 0 saturated heterocycles. The van der Waals surface area contributed by atoms with Crippen LogP contribution in [0.1, 0.15) is 41.3 Å². The van der Waals surface area contributed by atoms with Crippen molar-refractivity contribution in [1.29, 1.82) is 0 Å². The lowest BCUT2D eigenvalue weighted by Crippen LogP contribution is -2.37. The summed E-state index contributed by atoms with van der Waals surface area (Å²) in [6.07, 6.45) is 3.19. The number of aromatic hydroxyl groups is 1. The van der Waals surface area contributed by atoms with Crippen LogP contribution in [-0.4, -0.2) is 34.6 Å². The molecule has 0 fully saturated rings. The molecule has 0 amide bonds. The summed E-state index contributed by atoms with van der Waals surface area (Å²) in [7, 11) is 0. The fourth-order valence-corrected chi connectivity index (χ4v) is 4.22. The molecule has 0 saturated carbocycles. The number of hydrogen-bond acceptors (Lipinski definition) is 3. The van der Waals surface area contributed by atoms with E-state index in [-0.39, 0.29) is 18.4 Å². The van der Waals surface area contributed by atoms with Gasteiger partial charge in [-0.25, -0.2) is 0 Å². The Morgan fingerprint density at radius 3 is 2.81 bits per heavy atom. The molecule has 1 atom stereocenters. The van der Waals surface area contributed by atoms with Gasteiger partial charge in [0.05, 0.1) is 6.04 Å². The summed E-state index contributed by atoms with van der Waals surface area (Å²) in [4.78, 5) is 6.21. The molecule has 4 nitrogen and oxygen atoms in total. The second-order valence-electron chi connectivity index (χ2n) is 7.35. The first-order valence-electron chi connectivity index (χ1n) is 9.51. The van der Waals surface area contributed by atoms with E-state index < -0.39 is 0 Å². The predicted octanol–water partition coefficient (Wildman–Crippen LogP) is 4.29. The third-order valence-electron chi connectivity index (χ3n) is 5.47. The molecule has 0 aliphatic carbocycles. The van der Waals surface area contributed by atoms with Crippen LogP contribution in [0.15, 0.2) is 42.5 Å². The largest absolute Gasteiger partial charge is 0.508 e. The molecule has 27 heavy (non-hydrogen) atoms. The molecule has 0 spiro atoms. The van der Waals surface area contributed by atoms with E-state index in [1.54, 1.807) is 6.07 Å². The van der Waals surface area contributed by atoms with E-state index in [4.69, 9.17) is 5.73 Å². The van der Waals surface area contributed by atoms with Gasteiger partial charge in [-0.15, -0.1) is 12.4 Å². The number of benzene rings is 2. The number of rotatable bonds is 5. The highest BCUT2D eigenvalue weighted by atomic mass is 35.5. The summed E-state index contributed by atoms with van der Waals surface area (Å²) in [6, 6.07) is 14.5. The summed E-state index contributed by atoms with van der Waals surface area (Å²) in [6.45, 7) is 4.93. The molecule has 4 rings (SSSR count). The van der Waals surface area contributed by atoms with Crippen LogP contribution in [0.5, 0.6) is 5.75 Å². The molecule has 0 radical (unpaired) electrons. The summed E-state index contributed by atoms with van der Waals surface area (Å²) in [5.74, 6) is 0.323. The molecular formula is C22H28ClN3O. The van der Waals surface area contributed by atoms with Crippen molar-refractivity contribution >= 4 is 23.3 Å². The highest BCUT2D eigenvalue weighted by Gasteiger charge is 2.31. The summed E-state index contributed by atoms with van der Waals surface area (Å²) < 4.78 is 0. The molecule has 2 aromatic carbocycles. The molecule has 4 N–H and O–H groups in total. The Hall–Kier alpha value is -2.01. The lowest BCUT2D eigenvalue weighted by atomic mass is 9.91. The fraction of sp³-hybridized carbons (Fsp3) is 0.364. The van der Waals surface area contributed by atoms with Crippen molar-refractivity contribution in [3.63, 3.8) is 0 Å². The zero-order chi connectivity index (χ0) is 18.1. The third kappa shape index (κ3) is 3.84. The summed E-state index contributed by atoms with van der Waals surface area (Å²) >= 11 is 0. The van der Waals surface area contributed by atoms with E-state index in [1.807, 2.05) is 12.1 Å².